The molecule has 1 aliphatic rings. The van der Waals surface area contributed by atoms with Crippen molar-refractivity contribution in [1.29, 1.82) is 0 Å². The molecule has 0 aliphatic heterocycles. The van der Waals surface area contributed by atoms with Gasteiger partial charge in [-0.2, -0.15) is 0 Å². The molecule has 1 aliphatic carbocycles. The van der Waals surface area contributed by atoms with Gasteiger partial charge >= 0.3 is 0 Å². The van der Waals surface area contributed by atoms with Crippen LogP contribution in [0.2, 0.25) is 0 Å². The average molecular weight is 244 g/mol. The molecule has 0 aromatic heterocycles. The predicted octanol–water partition coefficient (Wildman–Crippen LogP) is 4.13. The first-order valence-electron chi connectivity index (χ1n) is 6.46. The van der Waals surface area contributed by atoms with Gasteiger partial charge in [0.1, 0.15) is 0 Å². The van der Waals surface area contributed by atoms with Crippen LogP contribution in [0, 0.1) is 0 Å². The zero-order chi connectivity index (χ0) is 12.8. The van der Waals surface area contributed by atoms with Crippen molar-refractivity contribution in [1.82, 2.24) is 0 Å². The van der Waals surface area contributed by atoms with Crippen molar-refractivity contribution in [2.24, 2.45) is 0 Å². The average Bonchev–Trinajstić information content (AvgIpc) is 2.45. The second kappa shape index (κ2) is 3.79. The molecule has 0 radical (unpaired) electrons. The number of rotatable bonds is 0. The van der Waals surface area contributed by atoms with E-state index in [1.807, 2.05) is 6.08 Å². The van der Waals surface area contributed by atoms with Crippen molar-refractivity contribution in [3.8, 4) is 0 Å². The molecular formula is C18H12O. The molecular weight excluding hydrogens is 232 g/mol. The van der Waals surface area contributed by atoms with Crippen LogP contribution in [0.1, 0.15) is 11.1 Å². The summed E-state index contributed by atoms with van der Waals surface area (Å²) >= 11 is 0. The SMILES string of the molecule is O=C1C=Cc2cc3c(ccc4ccccc43)cc2C1. The maximum atomic E-state index is 11.5. The van der Waals surface area contributed by atoms with E-state index in [2.05, 4.69) is 48.5 Å². The molecule has 3 aromatic rings. The normalized spacial score (nSPS) is 14.0. The van der Waals surface area contributed by atoms with Gasteiger partial charge in [-0.05, 0) is 44.8 Å². The standard InChI is InChI=1S/C18H12O/c19-16-8-7-13-11-18-14(9-15(13)10-16)6-5-12-3-1-2-4-17(12)18/h1-9,11H,10H2. The Labute approximate surface area is 111 Å². The van der Waals surface area contributed by atoms with Crippen molar-refractivity contribution >= 4 is 33.4 Å². The summed E-state index contributed by atoms with van der Waals surface area (Å²) in [5, 5.41) is 5.00. The van der Waals surface area contributed by atoms with Gasteiger partial charge < -0.3 is 0 Å². The lowest BCUT2D eigenvalue weighted by Crippen LogP contribution is -2.05. The van der Waals surface area contributed by atoms with Gasteiger partial charge in [0, 0.05) is 6.42 Å². The summed E-state index contributed by atoms with van der Waals surface area (Å²) in [6.07, 6.45) is 4.14. The second-order valence-electron chi connectivity index (χ2n) is 5.04. The van der Waals surface area contributed by atoms with Crippen molar-refractivity contribution < 1.29 is 4.79 Å². The van der Waals surface area contributed by atoms with E-state index in [0.29, 0.717) is 6.42 Å². The van der Waals surface area contributed by atoms with Crippen molar-refractivity contribution in [2.45, 2.75) is 6.42 Å². The van der Waals surface area contributed by atoms with E-state index in [4.69, 9.17) is 0 Å². The molecule has 4 rings (SSSR count). The monoisotopic (exact) mass is 244 g/mol. The van der Waals surface area contributed by atoms with Crippen LogP contribution in [0.4, 0.5) is 0 Å². The van der Waals surface area contributed by atoms with Crippen molar-refractivity contribution in [3.05, 3.63) is 65.7 Å². The third kappa shape index (κ3) is 1.59. The highest BCUT2D eigenvalue weighted by atomic mass is 16.1. The number of hydrogen-bond acceptors (Lipinski definition) is 1. The zero-order valence-corrected chi connectivity index (χ0v) is 10.4. The van der Waals surface area contributed by atoms with Crippen molar-refractivity contribution in [2.75, 3.05) is 0 Å². The summed E-state index contributed by atoms with van der Waals surface area (Å²) in [5.41, 5.74) is 2.30. The van der Waals surface area contributed by atoms with Gasteiger partial charge in [0.25, 0.3) is 0 Å². The third-order valence-corrected chi connectivity index (χ3v) is 3.82. The minimum absolute atomic E-state index is 0.188. The molecule has 0 fully saturated rings. The zero-order valence-electron chi connectivity index (χ0n) is 10.4. The molecule has 0 spiro atoms. The Bertz CT molecular complexity index is 856. The fourth-order valence-electron chi connectivity index (χ4n) is 2.86. The molecule has 0 bridgehead atoms. The Morgan fingerprint density at radius 1 is 0.789 bits per heavy atom. The molecule has 0 unspecified atom stereocenters. The van der Waals surface area contributed by atoms with E-state index in [1.165, 1.54) is 27.1 Å². The maximum absolute atomic E-state index is 11.5. The van der Waals surface area contributed by atoms with E-state index in [0.717, 1.165) is 5.56 Å². The number of ketones is 1. The molecule has 1 heteroatoms. The first-order chi connectivity index (χ1) is 9.31. The van der Waals surface area contributed by atoms with Crippen LogP contribution in [0.25, 0.3) is 27.6 Å². The lowest BCUT2D eigenvalue weighted by Gasteiger charge is -2.12. The smallest absolute Gasteiger partial charge is 0.160 e. The number of allylic oxidation sites excluding steroid dienone is 1. The number of carbonyl (C=O) groups excluding carboxylic acids is 1. The van der Waals surface area contributed by atoms with E-state index >= 15 is 0 Å². The largest absolute Gasteiger partial charge is 0.294 e. The van der Waals surface area contributed by atoms with Gasteiger partial charge in [0.2, 0.25) is 0 Å². The van der Waals surface area contributed by atoms with Crippen LogP contribution in [0.15, 0.2) is 54.6 Å². The summed E-state index contributed by atoms with van der Waals surface area (Å²) in [4.78, 5) is 11.5. The number of hydrogen-bond donors (Lipinski definition) is 0. The first-order valence-corrected chi connectivity index (χ1v) is 6.46. The van der Waals surface area contributed by atoms with Crippen LogP contribution >= 0.6 is 0 Å². The fourth-order valence-corrected chi connectivity index (χ4v) is 2.86. The van der Waals surface area contributed by atoms with E-state index in [9.17, 15) is 4.79 Å². The number of carbonyl (C=O) groups is 1. The Morgan fingerprint density at radius 2 is 1.63 bits per heavy atom. The molecule has 0 amide bonds. The van der Waals surface area contributed by atoms with Gasteiger partial charge in [0.05, 0.1) is 0 Å². The van der Waals surface area contributed by atoms with Gasteiger partial charge in [0.15, 0.2) is 5.78 Å². The Hall–Kier alpha value is -2.41. The minimum Gasteiger partial charge on any atom is -0.294 e. The molecule has 90 valence electrons. The highest BCUT2D eigenvalue weighted by Crippen LogP contribution is 2.30. The highest BCUT2D eigenvalue weighted by molar-refractivity contribution is 6.09. The Morgan fingerprint density at radius 3 is 2.58 bits per heavy atom. The van der Waals surface area contributed by atoms with E-state index in [1.54, 1.807) is 6.08 Å². The third-order valence-electron chi connectivity index (χ3n) is 3.82. The molecule has 0 heterocycles. The van der Waals surface area contributed by atoms with Crippen LogP contribution < -0.4 is 0 Å². The van der Waals surface area contributed by atoms with E-state index in [-0.39, 0.29) is 5.78 Å². The molecule has 0 N–H and O–H groups in total. The van der Waals surface area contributed by atoms with Crippen molar-refractivity contribution in [3.63, 3.8) is 0 Å². The van der Waals surface area contributed by atoms with Crippen LogP contribution in [0.3, 0.4) is 0 Å². The van der Waals surface area contributed by atoms with Crippen LogP contribution in [0.5, 0.6) is 0 Å². The van der Waals surface area contributed by atoms with Gasteiger partial charge in [-0.25, -0.2) is 0 Å². The Balaban J connectivity index is 2.12. The first kappa shape index (κ1) is 10.5. The quantitative estimate of drug-likeness (QED) is 0.543. The van der Waals surface area contributed by atoms with Gasteiger partial charge in [-0.1, -0.05) is 48.5 Å². The van der Waals surface area contributed by atoms with E-state index < -0.39 is 0 Å². The molecule has 0 atom stereocenters. The predicted molar refractivity (Wildman–Crippen MR) is 79.2 cm³/mol. The van der Waals surface area contributed by atoms with Gasteiger partial charge in [-0.15, -0.1) is 0 Å². The fraction of sp³-hybridized carbons (Fsp3) is 0.0556. The molecule has 1 nitrogen and oxygen atoms in total. The summed E-state index contributed by atoms with van der Waals surface area (Å²) in [6.45, 7) is 0. The van der Waals surface area contributed by atoms with Crippen LogP contribution in [-0.4, -0.2) is 5.78 Å². The molecule has 0 saturated carbocycles. The summed E-state index contributed by atoms with van der Waals surface area (Å²) in [7, 11) is 0. The highest BCUT2D eigenvalue weighted by Gasteiger charge is 2.12. The van der Waals surface area contributed by atoms with Crippen LogP contribution in [-0.2, 0) is 11.2 Å². The lowest BCUT2D eigenvalue weighted by molar-refractivity contribution is -0.114. The second-order valence-corrected chi connectivity index (χ2v) is 5.04. The molecule has 3 aromatic carbocycles. The minimum atomic E-state index is 0.188. The van der Waals surface area contributed by atoms with Gasteiger partial charge in [-0.3, -0.25) is 4.79 Å². The lowest BCUT2D eigenvalue weighted by atomic mass is 9.91. The summed E-state index contributed by atoms with van der Waals surface area (Å²) in [6, 6.07) is 17.1. The summed E-state index contributed by atoms with van der Waals surface area (Å²) < 4.78 is 0. The summed E-state index contributed by atoms with van der Waals surface area (Å²) in [5.74, 6) is 0.188. The molecule has 19 heavy (non-hydrogen) atoms. The topological polar surface area (TPSA) is 17.1 Å². The number of fused-ring (bicyclic) bond motifs is 4. The Kier molecular flexibility index (Phi) is 2.10. The number of benzene rings is 3. The molecule has 0 saturated heterocycles. The maximum Gasteiger partial charge on any atom is 0.160 e.